The van der Waals surface area contributed by atoms with Gasteiger partial charge in [0.1, 0.15) is 0 Å². The quantitative estimate of drug-likeness (QED) is 0.757. The molecule has 3 rings (SSSR count). The Morgan fingerprint density at radius 1 is 0.833 bits per heavy atom. The van der Waals surface area contributed by atoms with E-state index in [1.54, 1.807) is 0 Å². The van der Waals surface area contributed by atoms with Crippen LogP contribution >= 0.6 is 7.26 Å². The van der Waals surface area contributed by atoms with Gasteiger partial charge in [-0.15, -0.1) is 0 Å². The molecular formula is C22H30OP+. The summed E-state index contributed by atoms with van der Waals surface area (Å²) >= 11 is 0. The summed E-state index contributed by atoms with van der Waals surface area (Å²) in [5.74, 6) is 0. The zero-order valence-corrected chi connectivity index (χ0v) is 16.3. The predicted octanol–water partition coefficient (Wildman–Crippen LogP) is 5.24. The second-order valence-corrected chi connectivity index (χ2v) is 13.3. The zero-order chi connectivity index (χ0) is 17.4. The monoisotopic (exact) mass is 341 g/mol. The summed E-state index contributed by atoms with van der Waals surface area (Å²) in [6.45, 7) is 9.56. The molecule has 1 nitrogen and oxygen atoms in total. The first-order chi connectivity index (χ1) is 11.3. The van der Waals surface area contributed by atoms with E-state index in [0.717, 1.165) is 19.0 Å². The molecule has 2 heteroatoms. The molecule has 2 aromatic rings. The van der Waals surface area contributed by atoms with E-state index in [-0.39, 0.29) is 16.4 Å². The van der Waals surface area contributed by atoms with Crippen LogP contribution in [0.4, 0.5) is 0 Å². The number of benzene rings is 2. The van der Waals surface area contributed by atoms with Gasteiger partial charge in [-0.1, -0.05) is 48.5 Å². The van der Waals surface area contributed by atoms with E-state index in [1.165, 1.54) is 10.9 Å². The van der Waals surface area contributed by atoms with Gasteiger partial charge in [-0.05, 0) is 45.4 Å². The Morgan fingerprint density at radius 3 is 1.79 bits per heavy atom. The largest absolute Gasteiger partial charge is 0.393 e. The molecule has 0 spiro atoms. The topological polar surface area (TPSA) is 20.2 Å². The summed E-state index contributed by atoms with van der Waals surface area (Å²) in [6, 6.07) is 22.1. The lowest BCUT2D eigenvalue weighted by Crippen LogP contribution is -2.51. The van der Waals surface area contributed by atoms with Crippen LogP contribution < -0.4 is 5.30 Å². The van der Waals surface area contributed by atoms with Crippen molar-refractivity contribution in [2.24, 2.45) is 0 Å². The molecule has 0 saturated carbocycles. The standard InChI is InChI=1S/C22H30OP/c1-21(2)15-19(23)16-22(3,4)24(21,20-13-9-6-10-14-20)17-18-11-7-5-8-12-18/h5-14,19,23H,15-17H2,1-4H3/q+1. The minimum atomic E-state index is -1.57. The van der Waals surface area contributed by atoms with Crippen molar-refractivity contribution in [3.05, 3.63) is 66.2 Å². The van der Waals surface area contributed by atoms with Gasteiger partial charge in [-0.25, -0.2) is 0 Å². The van der Waals surface area contributed by atoms with Crippen LogP contribution in [0.15, 0.2) is 60.7 Å². The van der Waals surface area contributed by atoms with Gasteiger partial charge in [0.05, 0.1) is 35.1 Å². The Morgan fingerprint density at radius 2 is 1.29 bits per heavy atom. The van der Waals surface area contributed by atoms with Crippen molar-refractivity contribution in [2.75, 3.05) is 0 Å². The molecule has 24 heavy (non-hydrogen) atoms. The summed E-state index contributed by atoms with van der Waals surface area (Å²) in [4.78, 5) is 0. The Kier molecular flexibility index (Phi) is 4.62. The molecule has 2 aromatic carbocycles. The van der Waals surface area contributed by atoms with Crippen LogP contribution in [-0.2, 0) is 6.16 Å². The van der Waals surface area contributed by atoms with Crippen LogP contribution in [0.25, 0.3) is 0 Å². The lowest BCUT2D eigenvalue weighted by Gasteiger charge is -2.54. The van der Waals surface area contributed by atoms with E-state index in [1.807, 2.05) is 0 Å². The molecule has 0 atom stereocenters. The molecule has 0 aromatic heterocycles. The van der Waals surface area contributed by atoms with Crippen LogP contribution in [-0.4, -0.2) is 21.5 Å². The molecule has 1 saturated heterocycles. The van der Waals surface area contributed by atoms with Crippen molar-refractivity contribution in [2.45, 2.75) is 63.1 Å². The first-order valence-electron chi connectivity index (χ1n) is 8.94. The SMILES string of the molecule is CC1(C)CC(O)CC(C)(C)[P+]1(Cc1ccccc1)c1ccccc1. The number of aliphatic hydroxyl groups excluding tert-OH is 1. The molecule has 0 radical (unpaired) electrons. The second-order valence-electron chi connectivity index (χ2n) is 8.48. The molecule has 1 N–H and O–H groups in total. The van der Waals surface area contributed by atoms with Crippen molar-refractivity contribution in [1.82, 2.24) is 0 Å². The van der Waals surface area contributed by atoms with Crippen molar-refractivity contribution in [3.63, 3.8) is 0 Å². The Balaban J connectivity index is 2.21. The summed E-state index contributed by atoms with van der Waals surface area (Å²) in [6.07, 6.45) is 2.71. The number of hydrogen-bond donors (Lipinski definition) is 1. The molecule has 0 amide bonds. The Bertz CT molecular complexity index is 658. The number of hydrogen-bond acceptors (Lipinski definition) is 1. The molecule has 1 aliphatic rings. The van der Waals surface area contributed by atoms with E-state index in [9.17, 15) is 5.11 Å². The summed E-state index contributed by atoms with van der Waals surface area (Å²) in [5.41, 5.74) is 1.42. The van der Waals surface area contributed by atoms with Crippen LogP contribution in [0.3, 0.4) is 0 Å². The maximum Gasteiger partial charge on any atom is 0.0954 e. The number of aliphatic hydroxyl groups is 1. The van der Waals surface area contributed by atoms with Crippen molar-refractivity contribution < 1.29 is 5.11 Å². The molecule has 1 aliphatic heterocycles. The molecular weight excluding hydrogens is 311 g/mol. The van der Waals surface area contributed by atoms with Crippen molar-refractivity contribution in [1.29, 1.82) is 0 Å². The molecule has 0 aliphatic carbocycles. The molecule has 1 heterocycles. The van der Waals surface area contributed by atoms with Crippen LogP contribution in [0.1, 0.15) is 46.1 Å². The van der Waals surface area contributed by atoms with E-state index in [0.29, 0.717) is 0 Å². The Labute approximate surface area is 147 Å². The van der Waals surface area contributed by atoms with Crippen molar-refractivity contribution in [3.8, 4) is 0 Å². The maximum atomic E-state index is 10.5. The summed E-state index contributed by atoms with van der Waals surface area (Å²) in [7, 11) is -1.57. The highest BCUT2D eigenvalue weighted by atomic mass is 31.2. The molecule has 0 bridgehead atoms. The summed E-state index contributed by atoms with van der Waals surface area (Å²) in [5, 5.41) is 12.3. The maximum absolute atomic E-state index is 10.5. The van der Waals surface area contributed by atoms with Gasteiger partial charge in [-0.3, -0.25) is 0 Å². The highest BCUT2D eigenvalue weighted by molar-refractivity contribution is 7.85. The molecule has 0 unspecified atom stereocenters. The first kappa shape index (κ1) is 17.6. The minimum absolute atomic E-state index is 0.116. The number of rotatable bonds is 3. The predicted molar refractivity (Wildman–Crippen MR) is 107 cm³/mol. The van der Waals surface area contributed by atoms with Crippen LogP contribution in [0.5, 0.6) is 0 Å². The normalized spacial score (nSPS) is 28.5. The lowest BCUT2D eigenvalue weighted by molar-refractivity contribution is 0.123. The highest BCUT2D eigenvalue weighted by Crippen LogP contribution is 2.81. The average molecular weight is 341 g/mol. The van der Waals surface area contributed by atoms with E-state index in [2.05, 4.69) is 88.4 Å². The van der Waals surface area contributed by atoms with Crippen LogP contribution in [0.2, 0.25) is 0 Å². The third-order valence-corrected chi connectivity index (χ3v) is 12.5. The minimum Gasteiger partial charge on any atom is -0.393 e. The molecule has 128 valence electrons. The fourth-order valence-corrected chi connectivity index (χ4v) is 11.7. The van der Waals surface area contributed by atoms with Gasteiger partial charge in [0.15, 0.2) is 0 Å². The zero-order valence-electron chi connectivity index (χ0n) is 15.4. The highest BCUT2D eigenvalue weighted by Gasteiger charge is 2.66. The average Bonchev–Trinajstić information content (AvgIpc) is 2.51. The van der Waals surface area contributed by atoms with Gasteiger partial charge < -0.3 is 5.11 Å². The van der Waals surface area contributed by atoms with Gasteiger partial charge in [0.25, 0.3) is 0 Å². The van der Waals surface area contributed by atoms with Gasteiger partial charge in [-0.2, -0.15) is 0 Å². The van der Waals surface area contributed by atoms with Gasteiger partial charge >= 0.3 is 0 Å². The van der Waals surface area contributed by atoms with E-state index < -0.39 is 7.26 Å². The third kappa shape index (κ3) is 2.83. The lowest BCUT2D eigenvalue weighted by atomic mass is 9.95. The summed E-state index contributed by atoms with van der Waals surface area (Å²) < 4.78 is 0. The Hall–Kier alpha value is -1.17. The fourth-order valence-electron chi connectivity index (χ4n) is 5.11. The van der Waals surface area contributed by atoms with E-state index in [4.69, 9.17) is 0 Å². The third-order valence-electron chi connectivity index (χ3n) is 6.00. The van der Waals surface area contributed by atoms with E-state index >= 15 is 0 Å². The fraction of sp³-hybridized carbons (Fsp3) is 0.455. The second kappa shape index (κ2) is 6.28. The van der Waals surface area contributed by atoms with Gasteiger partial charge in [0, 0.05) is 12.8 Å². The van der Waals surface area contributed by atoms with Crippen LogP contribution in [0, 0.1) is 0 Å². The van der Waals surface area contributed by atoms with Gasteiger partial charge in [0.2, 0.25) is 0 Å². The molecule has 1 fully saturated rings. The first-order valence-corrected chi connectivity index (χ1v) is 10.9. The smallest absolute Gasteiger partial charge is 0.0954 e. The van der Waals surface area contributed by atoms with Crippen molar-refractivity contribution >= 4 is 12.6 Å².